The average molecular weight is 1540 g/mol. The number of benzene rings is 8. The van der Waals surface area contributed by atoms with Crippen LogP contribution in [-0.2, 0) is 28.2 Å². The van der Waals surface area contributed by atoms with Crippen LogP contribution in [0.1, 0.15) is 89.6 Å². The molecule has 570 valence electrons. The Labute approximate surface area is 657 Å². The molecule has 20 aromatic rings. The Bertz CT molecular complexity index is 7480. The van der Waals surface area contributed by atoms with E-state index in [1.165, 1.54) is 34.4 Å². The van der Waals surface area contributed by atoms with Gasteiger partial charge in [-0.3, -0.25) is 0 Å². The molecule has 0 unspecified atom stereocenters. The molecule has 0 fully saturated rings. The number of rotatable bonds is 6. The van der Waals surface area contributed by atoms with Gasteiger partial charge in [0.1, 0.15) is 39.8 Å². The van der Waals surface area contributed by atoms with E-state index < -0.39 is 35.4 Å². The number of pyridine rings is 8. The van der Waals surface area contributed by atoms with E-state index in [-0.39, 0.29) is 11.4 Å². The summed E-state index contributed by atoms with van der Waals surface area (Å²) in [7, 11) is 7.97. The van der Waals surface area contributed by atoms with Crippen LogP contribution in [0.2, 0.25) is 0 Å². The fraction of sp³-hybridized carbons (Fsp3) is 0.175. The molecule has 12 nitrogen and oxygen atoms in total. The van der Waals surface area contributed by atoms with Crippen LogP contribution in [0.15, 0.2) is 218 Å². The quantitative estimate of drug-likeness (QED) is 0.0917. The zero-order valence-electron chi connectivity index (χ0n) is 66.2. The van der Waals surface area contributed by atoms with Gasteiger partial charge in [-0.1, -0.05) is 125 Å². The molecule has 0 amide bonds. The Kier molecular flexibility index (Phi) is 18.6. The molecule has 0 N–H and O–H groups in total. The number of aryl methyl sites for hydroxylation is 11. The molecule has 0 saturated heterocycles. The van der Waals surface area contributed by atoms with E-state index in [1.807, 2.05) is 123 Å². The molecule has 18 heteroatoms. The van der Waals surface area contributed by atoms with Crippen LogP contribution in [-0.4, -0.2) is 19.9 Å². The number of fused-ring (bicyclic) bond motifs is 20. The van der Waals surface area contributed by atoms with E-state index in [1.54, 1.807) is 60.7 Å². The van der Waals surface area contributed by atoms with Gasteiger partial charge in [0.25, 0.3) is 0 Å². The third kappa shape index (κ3) is 12.5. The van der Waals surface area contributed by atoms with Crippen LogP contribution in [0.3, 0.4) is 0 Å². The maximum atomic E-state index is 15.1. The van der Waals surface area contributed by atoms with Gasteiger partial charge in [0.15, 0.2) is 47.1 Å². The zero-order chi connectivity index (χ0) is 80.6. The monoisotopic (exact) mass is 1530 g/mol. The van der Waals surface area contributed by atoms with Gasteiger partial charge in [-0.25, -0.2) is 27.0 Å². The third-order valence-corrected chi connectivity index (χ3v) is 22.4. The molecule has 20 rings (SSSR count). The molecular weight excluding hydrogens is 1460 g/mol. The first-order valence-electron chi connectivity index (χ1n) is 38.2. The molecule has 115 heavy (non-hydrogen) atoms. The summed E-state index contributed by atoms with van der Waals surface area (Å²) in [6, 6.07) is 54.4. The van der Waals surface area contributed by atoms with E-state index in [9.17, 15) is 17.6 Å². The Balaban J connectivity index is 0.000000111. The maximum absolute atomic E-state index is 15.1. The van der Waals surface area contributed by atoms with Crippen LogP contribution in [0.5, 0.6) is 0 Å². The standard InChI is InChI=1S/2C26H24FN2O.C23H17F2N2O.C22H15F2N2O/c1-14(2)20-12-21(29(5)13-16(20)4)22-15(3)10-11-19-23-17-8-6-7-9-18(17)25(27)28-26(23)30-24(19)22;1-14(2)20-13-29(5)21(12-16(20)4)22-15(3)10-11-19-23-17-8-6-7-9-18(17)25(27)28-26(23)30-24(19)22;1-12-8-9-27(3)17(10-12)18-13(2)11-16(24)20-19-14-6-4-5-7-15(14)22(25)26-23(19)28-21(18)20;1-12-11-15(23)19-18-13-7-3-4-8-14(13)21(24)25-22(18)27-20(19)17(12)16-9-5-6-10-26(16)2/h2*6-14H,1-5H3;4-11H,1-3H3;3-11H,1-2H3/q4*+1. The molecule has 0 aliphatic carbocycles. The van der Waals surface area contributed by atoms with Gasteiger partial charge in [0, 0.05) is 79.8 Å². The molecule has 0 radical (unpaired) electrons. The van der Waals surface area contributed by atoms with Crippen molar-refractivity contribution in [3.8, 4) is 45.0 Å². The number of furan rings is 4. The van der Waals surface area contributed by atoms with Crippen molar-refractivity contribution in [2.75, 3.05) is 0 Å². The lowest BCUT2D eigenvalue weighted by atomic mass is 9.94. The smallest absolute Gasteiger partial charge is 0.230 e. The molecule has 8 aromatic carbocycles. The second-order valence-electron chi connectivity index (χ2n) is 30.7. The number of hydrogen-bond acceptors (Lipinski definition) is 8. The summed E-state index contributed by atoms with van der Waals surface area (Å²) in [6.45, 7) is 23.0. The number of aromatic nitrogens is 8. The fourth-order valence-corrected chi connectivity index (χ4v) is 16.9. The number of nitrogens with zero attached hydrogens (tertiary/aromatic N) is 8. The second kappa shape index (κ2) is 28.8. The Morgan fingerprint density at radius 2 is 0.635 bits per heavy atom. The summed E-state index contributed by atoms with van der Waals surface area (Å²) in [5.74, 6) is -2.18. The van der Waals surface area contributed by atoms with Crippen LogP contribution in [0.4, 0.5) is 26.3 Å². The lowest BCUT2D eigenvalue weighted by Gasteiger charge is -2.12. The second-order valence-corrected chi connectivity index (χ2v) is 30.7. The van der Waals surface area contributed by atoms with E-state index in [0.29, 0.717) is 88.3 Å². The normalized spacial score (nSPS) is 11.9. The summed E-state index contributed by atoms with van der Waals surface area (Å²) in [5, 5.41) is 9.85. The first-order valence-corrected chi connectivity index (χ1v) is 38.2. The summed E-state index contributed by atoms with van der Waals surface area (Å²) in [4.78, 5) is 16.2. The van der Waals surface area contributed by atoms with Crippen molar-refractivity contribution >= 4 is 131 Å². The predicted octanol–water partition coefficient (Wildman–Crippen LogP) is 23.7. The predicted molar refractivity (Wildman–Crippen MR) is 444 cm³/mol. The first kappa shape index (κ1) is 74.5. The summed E-state index contributed by atoms with van der Waals surface area (Å²) in [6.07, 6.45) is 8.23. The molecule has 0 aliphatic rings. The molecule has 0 atom stereocenters. The van der Waals surface area contributed by atoms with Crippen LogP contribution in [0, 0.1) is 83.9 Å². The van der Waals surface area contributed by atoms with Crippen molar-refractivity contribution in [1.82, 2.24) is 19.9 Å². The largest absolute Gasteiger partial charge is 0.437 e. The molecule has 0 bridgehead atoms. The van der Waals surface area contributed by atoms with E-state index in [2.05, 4.69) is 147 Å². The van der Waals surface area contributed by atoms with Gasteiger partial charge in [-0.15, -0.1) is 0 Å². The van der Waals surface area contributed by atoms with Gasteiger partial charge < -0.3 is 17.7 Å². The van der Waals surface area contributed by atoms with Gasteiger partial charge in [0.05, 0.1) is 54.6 Å². The molecule has 0 aliphatic heterocycles. The number of hydrogen-bond donors (Lipinski definition) is 0. The van der Waals surface area contributed by atoms with Crippen molar-refractivity contribution in [3.63, 3.8) is 0 Å². The summed E-state index contributed by atoms with van der Waals surface area (Å²) in [5.41, 5.74) is 20.6. The highest BCUT2D eigenvalue weighted by molar-refractivity contribution is 6.23. The van der Waals surface area contributed by atoms with Crippen LogP contribution < -0.4 is 18.3 Å². The van der Waals surface area contributed by atoms with E-state index >= 15 is 8.78 Å². The zero-order valence-corrected chi connectivity index (χ0v) is 66.2. The van der Waals surface area contributed by atoms with Gasteiger partial charge in [0.2, 0.25) is 69.4 Å². The minimum Gasteiger partial charge on any atom is -0.437 e. The highest BCUT2D eigenvalue weighted by atomic mass is 19.1. The average Bonchev–Trinajstić information content (AvgIpc) is 1.60. The summed E-state index contributed by atoms with van der Waals surface area (Å²) >= 11 is 0. The maximum Gasteiger partial charge on any atom is 0.230 e. The summed E-state index contributed by atoms with van der Waals surface area (Å²) < 4.78 is 121. The third-order valence-electron chi connectivity index (χ3n) is 22.4. The Morgan fingerprint density at radius 1 is 0.278 bits per heavy atom. The Morgan fingerprint density at radius 3 is 1.07 bits per heavy atom. The fourth-order valence-electron chi connectivity index (χ4n) is 16.9. The minimum atomic E-state index is -0.624. The molecule has 0 spiro atoms. The van der Waals surface area contributed by atoms with Crippen LogP contribution >= 0.6 is 0 Å². The van der Waals surface area contributed by atoms with Crippen molar-refractivity contribution in [2.24, 2.45) is 28.2 Å². The van der Waals surface area contributed by atoms with E-state index in [4.69, 9.17) is 17.7 Å². The topological polar surface area (TPSA) is 120 Å². The highest BCUT2D eigenvalue weighted by Gasteiger charge is 2.31. The minimum absolute atomic E-state index is 0.102. The van der Waals surface area contributed by atoms with Crippen molar-refractivity contribution in [3.05, 3.63) is 286 Å². The van der Waals surface area contributed by atoms with Crippen molar-refractivity contribution < 1.29 is 62.3 Å². The molecular formula is C97H80F6N8O4+4. The van der Waals surface area contributed by atoms with Gasteiger partial charge in [-0.2, -0.15) is 37.5 Å². The SMILES string of the molecule is Cc1c[n+](C)c(-c2c(C)ccc3c2oc2nc(F)c4ccccc4c23)cc1C(C)C.Cc1cc(-c2c(C)ccc3c2oc2nc(F)c4ccccc4c23)[n+](C)cc1C(C)C.Cc1cc(F)c2c(oc3nc(F)c4ccccc4c32)c1-c1cccc[n+]1C.Cc1cc[n+](C)c(-c2c(C)cc(F)c3c2oc2nc(F)c4ccccc4c23)c1. The Hall–Kier alpha value is -13.2. The van der Waals surface area contributed by atoms with Gasteiger partial charge in [-0.05, 0) is 163 Å². The first-order chi connectivity index (χ1) is 55.2. The van der Waals surface area contributed by atoms with Crippen molar-refractivity contribution in [1.29, 1.82) is 0 Å². The van der Waals surface area contributed by atoms with E-state index in [0.717, 1.165) is 116 Å². The van der Waals surface area contributed by atoms with Crippen LogP contribution in [0.25, 0.3) is 176 Å². The molecule has 0 saturated carbocycles. The number of halogens is 6. The molecule has 12 aromatic heterocycles. The van der Waals surface area contributed by atoms with Gasteiger partial charge >= 0.3 is 0 Å². The van der Waals surface area contributed by atoms with Crippen molar-refractivity contribution in [2.45, 2.75) is 88.0 Å². The molecule has 12 heterocycles. The highest BCUT2D eigenvalue weighted by Crippen LogP contribution is 2.46. The lowest BCUT2D eigenvalue weighted by molar-refractivity contribution is -0.661. The lowest BCUT2D eigenvalue weighted by Crippen LogP contribution is -2.32.